The highest BCUT2D eigenvalue weighted by Gasteiger charge is 2.28. The Labute approximate surface area is 170 Å². The van der Waals surface area contributed by atoms with Gasteiger partial charge in [0.15, 0.2) is 0 Å². The Balaban J connectivity index is 1.45. The van der Waals surface area contributed by atoms with Gasteiger partial charge in [0, 0.05) is 37.5 Å². The van der Waals surface area contributed by atoms with Crippen LogP contribution >= 0.6 is 0 Å². The van der Waals surface area contributed by atoms with Crippen molar-refractivity contribution in [2.24, 2.45) is 0 Å². The number of aromatic nitrogens is 1. The molecule has 4 rings (SSSR count). The van der Waals surface area contributed by atoms with Crippen molar-refractivity contribution >= 4 is 16.8 Å². The van der Waals surface area contributed by atoms with Crippen LogP contribution in [0.3, 0.4) is 0 Å². The predicted molar refractivity (Wildman–Crippen MR) is 111 cm³/mol. The lowest BCUT2D eigenvalue weighted by Gasteiger charge is -2.32. The molecule has 2 heterocycles. The number of amides is 1. The Kier molecular flexibility index (Phi) is 5.51. The van der Waals surface area contributed by atoms with Crippen molar-refractivity contribution in [3.63, 3.8) is 0 Å². The van der Waals surface area contributed by atoms with Crippen LogP contribution < -0.4 is 14.2 Å². The molecular formula is C23H24N2O4. The first-order valence-corrected chi connectivity index (χ1v) is 9.72. The number of para-hydroxylation sites is 1. The van der Waals surface area contributed by atoms with Crippen LogP contribution in [0, 0.1) is 0 Å². The zero-order valence-corrected chi connectivity index (χ0v) is 16.6. The molecule has 6 heteroatoms. The van der Waals surface area contributed by atoms with E-state index in [0.717, 1.165) is 29.5 Å². The van der Waals surface area contributed by atoms with Crippen LogP contribution in [0.25, 0.3) is 10.9 Å². The van der Waals surface area contributed by atoms with Crippen molar-refractivity contribution in [1.29, 1.82) is 0 Å². The minimum absolute atomic E-state index is 0.0474. The lowest BCUT2D eigenvalue weighted by Crippen LogP contribution is -2.42. The van der Waals surface area contributed by atoms with Gasteiger partial charge in [-0.25, -0.2) is 0 Å². The van der Waals surface area contributed by atoms with Crippen LogP contribution in [0.1, 0.15) is 23.2 Å². The zero-order valence-electron chi connectivity index (χ0n) is 16.6. The van der Waals surface area contributed by atoms with E-state index >= 15 is 0 Å². The van der Waals surface area contributed by atoms with Crippen LogP contribution in [0.5, 0.6) is 17.2 Å². The molecule has 0 unspecified atom stereocenters. The molecule has 0 aliphatic carbocycles. The highest BCUT2D eigenvalue weighted by Crippen LogP contribution is 2.31. The molecule has 0 radical (unpaired) electrons. The van der Waals surface area contributed by atoms with E-state index in [4.69, 9.17) is 14.2 Å². The number of ether oxygens (including phenoxy) is 3. The fraction of sp³-hybridized carbons (Fsp3) is 0.304. The minimum Gasteiger partial charge on any atom is -0.496 e. The van der Waals surface area contributed by atoms with E-state index in [-0.39, 0.29) is 12.0 Å². The number of rotatable bonds is 5. The minimum atomic E-state index is -0.0791. The summed E-state index contributed by atoms with van der Waals surface area (Å²) in [6.07, 6.45) is 3.34. The van der Waals surface area contributed by atoms with Gasteiger partial charge in [-0.05, 0) is 24.3 Å². The molecule has 1 saturated heterocycles. The number of fused-ring (bicyclic) bond motifs is 1. The van der Waals surface area contributed by atoms with Gasteiger partial charge in [0.1, 0.15) is 34.4 Å². The Morgan fingerprint density at radius 2 is 1.55 bits per heavy atom. The van der Waals surface area contributed by atoms with Crippen LogP contribution in [-0.4, -0.2) is 49.2 Å². The van der Waals surface area contributed by atoms with E-state index in [1.54, 1.807) is 32.5 Å². The second-order valence-electron chi connectivity index (χ2n) is 6.98. The largest absolute Gasteiger partial charge is 0.496 e. The Morgan fingerprint density at radius 1 is 0.931 bits per heavy atom. The van der Waals surface area contributed by atoms with Crippen molar-refractivity contribution in [2.75, 3.05) is 27.3 Å². The van der Waals surface area contributed by atoms with Gasteiger partial charge in [-0.2, -0.15) is 0 Å². The Morgan fingerprint density at radius 3 is 2.24 bits per heavy atom. The molecule has 1 amide bonds. The predicted octanol–water partition coefficient (Wildman–Crippen LogP) is 3.94. The molecule has 1 aliphatic rings. The van der Waals surface area contributed by atoms with Gasteiger partial charge < -0.3 is 19.1 Å². The second kappa shape index (κ2) is 8.39. The van der Waals surface area contributed by atoms with Gasteiger partial charge in [-0.1, -0.05) is 24.3 Å². The van der Waals surface area contributed by atoms with Gasteiger partial charge in [-0.3, -0.25) is 9.78 Å². The van der Waals surface area contributed by atoms with Crippen molar-refractivity contribution in [3.8, 4) is 17.2 Å². The van der Waals surface area contributed by atoms with Gasteiger partial charge in [0.25, 0.3) is 5.91 Å². The average Bonchev–Trinajstić information content (AvgIpc) is 2.78. The van der Waals surface area contributed by atoms with Gasteiger partial charge in [0.05, 0.1) is 14.2 Å². The molecule has 1 aromatic heterocycles. The maximum atomic E-state index is 13.1. The molecule has 0 saturated carbocycles. The highest BCUT2D eigenvalue weighted by atomic mass is 16.5. The number of carbonyl (C=O) groups is 1. The van der Waals surface area contributed by atoms with E-state index in [0.29, 0.717) is 30.2 Å². The summed E-state index contributed by atoms with van der Waals surface area (Å²) < 4.78 is 17.0. The molecule has 0 spiro atoms. The highest BCUT2D eigenvalue weighted by molar-refractivity contribution is 5.99. The number of carbonyl (C=O) groups excluding carboxylic acids is 1. The summed E-state index contributed by atoms with van der Waals surface area (Å²) in [5.74, 6) is 1.76. The van der Waals surface area contributed by atoms with Gasteiger partial charge in [0.2, 0.25) is 0 Å². The number of methoxy groups -OCH3 is 2. The molecule has 150 valence electrons. The first-order valence-electron chi connectivity index (χ1n) is 9.72. The summed E-state index contributed by atoms with van der Waals surface area (Å²) in [6, 6.07) is 15.3. The van der Waals surface area contributed by atoms with Crippen LogP contribution in [0.15, 0.2) is 54.7 Å². The zero-order chi connectivity index (χ0) is 20.2. The van der Waals surface area contributed by atoms with E-state index in [2.05, 4.69) is 4.98 Å². The van der Waals surface area contributed by atoms with Gasteiger partial charge >= 0.3 is 0 Å². The second-order valence-corrected chi connectivity index (χ2v) is 6.98. The van der Waals surface area contributed by atoms with Crippen molar-refractivity contribution in [3.05, 3.63) is 60.3 Å². The number of pyridine rings is 1. The number of hydrogen-bond acceptors (Lipinski definition) is 5. The normalized spacial score (nSPS) is 14.6. The third kappa shape index (κ3) is 3.83. The van der Waals surface area contributed by atoms with Crippen molar-refractivity contribution in [2.45, 2.75) is 18.9 Å². The quantitative estimate of drug-likeness (QED) is 0.658. The summed E-state index contributed by atoms with van der Waals surface area (Å²) >= 11 is 0. The Hall–Kier alpha value is -3.28. The SMILES string of the molecule is COc1cccc(OC)c1C(=O)N1CCC(Oc2cccc3cccnc23)CC1. The average molecular weight is 392 g/mol. The molecule has 0 bridgehead atoms. The summed E-state index contributed by atoms with van der Waals surface area (Å²) in [6.45, 7) is 1.23. The summed E-state index contributed by atoms with van der Waals surface area (Å²) in [5.41, 5.74) is 1.34. The third-order valence-electron chi connectivity index (χ3n) is 5.26. The topological polar surface area (TPSA) is 60.9 Å². The molecule has 1 fully saturated rings. The summed E-state index contributed by atoms with van der Waals surface area (Å²) in [5, 5.41) is 1.06. The first-order chi connectivity index (χ1) is 14.2. The smallest absolute Gasteiger partial charge is 0.261 e. The fourth-order valence-electron chi connectivity index (χ4n) is 3.75. The van der Waals surface area contributed by atoms with E-state index in [9.17, 15) is 4.79 Å². The molecule has 0 N–H and O–H groups in total. The number of piperidine rings is 1. The first kappa shape index (κ1) is 19.1. The number of benzene rings is 2. The maximum absolute atomic E-state index is 13.1. The molecule has 6 nitrogen and oxygen atoms in total. The van der Waals surface area contributed by atoms with Crippen molar-refractivity contribution in [1.82, 2.24) is 9.88 Å². The molecular weight excluding hydrogens is 368 g/mol. The van der Waals surface area contributed by atoms with Crippen LogP contribution in [-0.2, 0) is 0 Å². The van der Waals surface area contributed by atoms with E-state index in [1.165, 1.54) is 0 Å². The fourth-order valence-corrected chi connectivity index (χ4v) is 3.75. The monoisotopic (exact) mass is 392 g/mol. The van der Waals surface area contributed by atoms with E-state index in [1.807, 2.05) is 41.3 Å². The molecule has 0 atom stereocenters. The summed E-state index contributed by atoms with van der Waals surface area (Å²) in [4.78, 5) is 19.4. The molecule has 3 aromatic rings. The Bertz CT molecular complexity index is 985. The van der Waals surface area contributed by atoms with Gasteiger partial charge in [-0.15, -0.1) is 0 Å². The lowest BCUT2D eigenvalue weighted by molar-refractivity contribution is 0.0591. The lowest BCUT2D eigenvalue weighted by atomic mass is 10.0. The van der Waals surface area contributed by atoms with E-state index < -0.39 is 0 Å². The standard InChI is InChI=1S/C23H24N2O4/c1-27-18-8-4-9-19(28-2)21(18)23(26)25-14-11-17(12-15-25)29-20-10-3-6-16-7-5-13-24-22(16)20/h3-10,13,17H,11-12,14-15H2,1-2H3. The number of likely N-dealkylation sites (tertiary alicyclic amines) is 1. The number of nitrogens with zero attached hydrogens (tertiary/aromatic N) is 2. The van der Waals surface area contributed by atoms with Crippen LogP contribution in [0.4, 0.5) is 0 Å². The van der Waals surface area contributed by atoms with Crippen molar-refractivity contribution < 1.29 is 19.0 Å². The third-order valence-corrected chi connectivity index (χ3v) is 5.26. The molecule has 2 aromatic carbocycles. The number of hydrogen-bond donors (Lipinski definition) is 0. The summed E-state index contributed by atoms with van der Waals surface area (Å²) in [7, 11) is 3.12. The molecule has 29 heavy (non-hydrogen) atoms. The maximum Gasteiger partial charge on any atom is 0.261 e. The van der Waals surface area contributed by atoms with Crippen LogP contribution in [0.2, 0.25) is 0 Å². The molecule has 1 aliphatic heterocycles.